The van der Waals surface area contributed by atoms with Gasteiger partial charge in [-0.15, -0.1) is 0 Å². The second-order valence-corrected chi connectivity index (χ2v) is 7.00. The van der Waals surface area contributed by atoms with Gasteiger partial charge in [-0.05, 0) is 36.9 Å². The summed E-state index contributed by atoms with van der Waals surface area (Å²) in [4.78, 5) is 18.0. The van der Waals surface area contributed by atoms with Crippen molar-refractivity contribution in [3.63, 3.8) is 0 Å². The fourth-order valence-corrected chi connectivity index (χ4v) is 3.36. The van der Waals surface area contributed by atoms with Gasteiger partial charge in [-0.1, -0.05) is 24.3 Å². The summed E-state index contributed by atoms with van der Waals surface area (Å²) in [5.74, 6) is 0.593. The number of hydrogen-bond acceptors (Lipinski definition) is 4. The lowest BCUT2D eigenvalue weighted by atomic mass is 9.97. The van der Waals surface area contributed by atoms with Gasteiger partial charge in [-0.25, -0.2) is 0 Å². The predicted octanol–water partition coefficient (Wildman–Crippen LogP) is 1.09. The maximum atomic E-state index is 11.5. The van der Waals surface area contributed by atoms with E-state index in [2.05, 4.69) is 44.8 Å². The van der Waals surface area contributed by atoms with E-state index in [0.717, 1.165) is 58.0 Å². The highest BCUT2D eigenvalue weighted by atomic mass is 16.5. The molecule has 150 valence electrons. The number of guanidine groups is 1. The number of rotatable bonds is 9. The van der Waals surface area contributed by atoms with Gasteiger partial charge in [0.05, 0.1) is 5.92 Å². The van der Waals surface area contributed by atoms with Gasteiger partial charge in [0.2, 0.25) is 5.91 Å². The van der Waals surface area contributed by atoms with E-state index in [1.807, 2.05) is 0 Å². The number of benzene rings is 1. The van der Waals surface area contributed by atoms with Crippen molar-refractivity contribution >= 4 is 11.9 Å². The van der Waals surface area contributed by atoms with Gasteiger partial charge in [0, 0.05) is 46.9 Å². The van der Waals surface area contributed by atoms with Crippen molar-refractivity contribution in [3.8, 4) is 0 Å². The molecule has 0 bridgehead atoms. The average Bonchev–Trinajstić information content (AvgIpc) is 2.68. The fourth-order valence-electron chi connectivity index (χ4n) is 3.36. The largest absolute Gasteiger partial charge is 0.385 e. The van der Waals surface area contributed by atoms with E-state index in [4.69, 9.17) is 10.5 Å². The summed E-state index contributed by atoms with van der Waals surface area (Å²) in [6.07, 6.45) is 2.88. The molecule has 4 N–H and O–H groups in total. The minimum Gasteiger partial charge on any atom is -0.385 e. The number of carbonyl (C=O) groups is 1. The number of amides is 1. The summed E-state index contributed by atoms with van der Waals surface area (Å²) in [7, 11) is 3.48. The number of carbonyl (C=O) groups excluding carboxylic acids is 1. The highest BCUT2D eigenvalue weighted by Crippen LogP contribution is 2.18. The van der Waals surface area contributed by atoms with Gasteiger partial charge >= 0.3 is 0 Å². The number of hydrogen-bond donors (Lipinski definition) is 3. The van der Waals surface area contributed by atoms with Crippen molar-refractivity contribution in [2.24, 2.45) is 16.6 Å². The first kappa shape index (κ1) is 21.2. The van der Waals surface area contributed by atoms with Gasteiger partial charge < -0.3 is 21.1 Å². The van der Waals surface area contributed by atoms with Crippen molar-refractivity contribution in [2.45, 2.75) is 32.4 Å². The Labute approximate surface area is 162 Å². The monoisotopic (exact) mass is 375 g/mol. The minimum absolute atomic E-state index is 0.0175. The van der Waals surface area contributed by atoms with Crippen molar-refractivity contribution in [2.75, 3.05) is 40.4 Å². The molecule has 0 radical (unpaired) electrons. The number of ether oxygens (including phenoxy) is 1. The van der Waals surface area contributed by atoms with Crippen LogP contribution in [0.25, 0.3) is 0 Å². The molecular formula is C20H33N5O2. The summed E-state index contributed by atoms with van der Waals surface area (Å²) in [5.41, 5.74) is 7.94. The highest BCUT2D eigenvalue weighted by molar-refractivity contribution is 5.79. The van der Waals surface area contributed by atoms with Gasteiger partial charge in [-0.3, -0.25) is 14.7 Å². The zero-order valence-corrected chi connectivity index (χ0v) is 16.5. The zero-order valence-electron chi connectivity index (χ0n) is 16.5. The molecule has 0 spiro atoms. The summed E-state index contributed by atoms with van der Waals surface area (Å²) in [6.45, 7) is 4.89. The van der Waals surface area contributed by atoms with E-state index in [1.54, 1.807) is 14.2 Å². The second kappa shape index (κ2) is 11.6. The van der Waals surface area contributed by atoms with Gasteiger partial charge in [0.15, 0.2) is 5.96 Å². The molecule has 1 aromatic rings. The number of nitrogens with zero attached hydrogens (tertiary/aromatic N) is 2. The molecular weight excluding hydrogens is 342 g/mol. The third-order valence-corrected chi connectivity index (χ3v) is 4.81. The van der Waals surface area contributed by atoms with E-state index < -0.39 is 0 Å². The summed E-state index contributed by atoms with van der Waals surface area (Å²) in [5, 5.41) is 6.62. The number of aliphatic imine (C=N–C) groups is 1. The van der Waals surface area contributed by atoms with Crippen LogP contribution in [-0.2, 0) is 22.6 Å². The molecule has 1 fully saturated rings. The average molecular weight is 376 g/mol. The van der Waals surface area contributed by atoms with E-state index >= 15 is 0 Å². The molecule has 1 aliphatic heterocycles. The Hall–Kier alpha value is -2.12. The topological polar surface area (TPSA) is 92.0 Å². The van der Waals surface area contributed by atoms with E-state index in [1.165, 1.54) is 11.1 Å². The predicted molar refractivity (Wildman–Crippen MR) is 108 cm³/mol. The van der Waals surface area contributed by atoms with Crippen LogP contribution in [0.15, 0.2) is 29.3 Å². The van der Waals surface area contributed by atoms with E-state index in [9.17, 15) is 4.79 Å². The lowest BCUT2D eigenvalue weighted by molar-refractivity contribution is -0.123. The van der Waals surface area contributed by atoms with Crippen molar-refractivity contribution in [1.82, 2.24) is 15.5 Å². The number of methoxy groups -OCH3 is 1. The molecule has 7 nitrogen and oxygen atoms in total. The number of piperidine rings is 1. The van der Waals surface area contributed by atoms with Crippen LogP contribution in [0.1, 0.15) is 30.4 Å². The van der Waals surface area contributed by atoms with Gasteiger partial charge in [0.25, 0.3) is 0 Å². The molecule has 0 saturated carbocycles. The third kappa shape index (κ3) is 7.56. The minimum atomic E-state index is -0.179. The zero-order chi connectivity index (χ0) is 19.5. The third-order valence-electron chi connectivity index (χ3n) is 4.81. The molecule has 1 aromatic carbocycles. The molecule has 1 heterocycles. The second-order valence-electron chi connectivity index (χ2n) is 7.00. The van der Waals surface area contributed by atoms with Crippen LogP contribution in [0.3, 0.4) is 0 Å². The van der Waals surface area contributed by atoms with Crippen LogP contribution in [0.5, 0.6) is 0 Å². The number of likely N-dealkylation sites (tertiary alicyclic amines) is 1. The standard InChI is InChI=1S/C20H33N5O2/c1-22-20(23-9-5-11-27-2)24-13-16-6-3-7-17(12-16)14-25-10-4-8-18(15-25)19(21)26/h3,6-7,12,18H,4-5,8-11,13-15H2,1-2H3,(H2,21,26)(H2,22,23,24). The smallest absolute Gasteiger partial charge is 0.221 e. The molecule has 1 atom stereocenters. The van der Waals surface area contributed by atoms with Crippen LogP contribution in [0.4, 0.5) is 0 Å². The highest BCUT2D eigenvalue weighted by Gasteiger charge is 2.23. The molecule has 1 amide bonds. The Balaban J connectivity index is 1.83. The molecule has 2 rings (SSSR count). The van der Waals surface area contributed by atoms with Gasteiger partial charge in [-0.2, -0.15) is 0 Å². The van der Waals surface area contributed by atoms with Crippen LogP contribution in [0, 0.1) is 5.92 Å². The lowest BCUT2D eigenvalue weighted by Crippen LogP contribution is -2.40. The maximum absolute atomic E-state index is 11.5. The molecule has 0 aromatic heterocycles. The SMILES string of the molecule is CN=C(NCCCOC)NCc1cccc(CN2CCCC(C(N)=O)C2)c1. The van der Waals surface area contributed by atoms with Crippen molar-refractivity contribution < 1.29 is 9.53 Å². The Bertz CT molecular complexity index is 620. The summed E-state index contributed by atoms with van der Waals surface area (Å²) >= 11 is 0. The molecule has 1 unspecified atom stereocenters. The van der Waals surface area contributed by atoms with Gasteiger partial charge in [0.1, 0.15) is 0 Å². The number of nitrogens with one attached hydrogen (secondary N) is 2. The molecule has 1 aliphatic rings. The quantitative estimate of drug-likeness (QED) is 0.341. The van der Waals surface area contributed by atoms with Crippen LogP contribution in [-0.4, -0.2) is 57.2 Å². The molecule has 7 heteroatoms. The molecule has 1 saturated heterocycles. The Kier molecular flexibility index (Phi) is 9.07. The number of nitrogens with two attached hydrogens (primary N) is 1. The van der Waals surface area contributed by atoms with Crippen LogP contribution < -0.4 is 16.4 Å². The number of primary amides is 1. The van der Waals surface area contributed by atoms with E-state index in [-0.39, 0.29) is 11.8 Å². The Morgan fingerprint density at radius 3 is 2.93 bits per heavy atom. The maximum Gasteiger partial charge on any atom is 0.221 e. The van der Waals surface area contributed by atoms with Crippen LogP contribution in [0.2, 0.25) is 0 Å². The van der Waals surface area contributed by atoms with Crippen molar-refractivity contribution in [3.05, 3.63) is 35.4 Å². The van der Waals surface area contributed by atoms with E-state index in [0.29, 0.717) is 6.54 Å². The normalized spacial score (nSPS) is 18.3. The first-order valence-electron chi connectivity index (χ1n) is 9.65. The Morgan fingerprint density at radius 2 is 2.19 bits per heavy atom. The lowest BCUT2D eigenvalue weighted by Gasteiger charge is -2.31. The molecule has 0 aliphatic carbocycles. The molecule has 27 heavy (non-hydrogen) atoms. The van der Waals surface area contributed by atoms with Crippen LogP contribution >= 0.6 is 0 Å². The summed E-state index contributed by atoms with van der Waals surface area (Å²) in [6, 6.07) is 8.53. The fraction of sp³-hybridized carbons (Fsp3) is 0.600. The van der Waals surface area contributed by atoms with Crippen molar-refractivity contribution in [1.29, 1.82) is 0 Å². The Morgan fingerprint density at radius 1 is 1.37 bits per heavy atom. The summed E-state index contributed by atoms with van der Waals surface area (Å²) < 4.78 is 5.05. The first-order valence-corrected chi connectivity index (χ1v) is 9.65. The first-order chi connectivity index (χ1) is 13.1.